The fraction of sp³-hybridized carbons (Fsp3) is 0.105. The Kier molecular flexibility index (Phi) is 3.97. The number of nitrogens with one attached hydrogen (secondary N) is 1. The third-order valence-corrected chi connectivity index (χ3v) is 4.78. The zero-order chi connectivity index (χ0) is 18.3. The Hall–Kier alpha value is -3.12. The van der Waals surface area contributed by atoms with Crippen LogP contribution in [0.3, 0.4) is 0 Å². The molecule has 0 saturated heterocycles. The number of anilines is 1. The van der Waals surface area contributed by atoms with Crippen molar-refractivity contribution in [3.63, 3.8) is 0 Å². The van der Waals surface area contributed by atoms with Gasteiger partial charge < -0.3 is 15.0 Å². The third-order valence-electron chi connectivity index (χ3n) is 4.46. The highest BCUT2D eigenvalue weighted by Gasteiger charge is 2.34. The molecule has 1 aromatic carbocycles. The Morgan fingerprint density at radius 3 is 2.77 bits per heavy atom. The lowest BCUT2D eigenvalue weighted by atomic mass is 9.89. The lowest BCUT2D eigenvalue weighted by Crippen LogP contribution is -2.25. The summed E-state index contributed by atoms with van der Waals surface area (Å²) in [5, 5.41) is 12.8. The maximum Gasteiger partial charge on any atom is 0.339 e. The first kappa shape index (κ1) is 16.4. The van der Waals surface area contributed by atoms with Crippen LogP contribution < -0.4 is 5.32 Å². The van der Waals surface area contributed by atoms with Gasteiger partial charge in [-0.15, -0.1) is 0 Å². The fourth-order valence-corrected chi connectivity index (χ4v) is 3.56. The van der Waals surface area contributed by atoms with Crippen LogP contribution in [0, 0.1) is 0 Å². The van der Waals surface area contributed by atoms with Gasteiger partial charge in [0.15, 0.2) is 0 Å². The minimum Gasteiger partial charge on any atom is -0.478 e. The number of benzene rings is 1. The summed E-state index contributed by atoms with van der Waals surface area (Å²) in [6.07, 6.45) is 5.05. The number of carbonyl (C=O) groups is 2. The summed E-state index contributed by atoms with van der Waals surface area (Å²) in [5.41, 5.74) is 2.52. The van der Waals surface area contributed by atoms with Gasteiger partial charge in [-0.1, -0.05) is 29.8 Å². The number of rotatable bonds is 3. The molecule has 1 amide bonds. The first-order valence-corrected chi connectivity index (χ1v) is 8.37. The number of halogens is 1. The Bertz CT molecular complexity index is 1010. The van der Waals surface area contributed by atoms with Crippen LogP contribution in [-0.2, 0) is 4.79 Å². The van der Waals surface area contributed by atoms with Crippen LogP contribution in [0.2, 0.25) is 5.02 Å². The third kappa shape index (κ3) is 2.64. The highest BCUT2D eigenvalue weighted by atomic mass is 35.5. The maximum atomic E-state index is 12.2. The monoisotopic (exact) mass is 367 g/mol. The van der Waals surface area contributed by atoms with Crippen molar-refractivity contribution in [3.05, 3.63) is 76.8 Å². The van der Waals surface area contributed by atoms with E-state index in [4.69, 9.17) is 11.6 Å². The number of nitrogens with zero attached hydrogens (tertiary/aromatic N) is 2. The summed E-state index contributed by atoms with van der Waals surface area (Å²) in [7, 11) is 0. The van der Waals surface area contributed by atoms with E-state index in [1.54, 1.807) is 35.2 Å². The van der Waals surface area contributed by atoms with Gasteiger partial charge in [-0.05, 0) is 23.8 Å². The number of aromatic nitrogens is 2. The van der Waals surface area contributed by atoms with Gasteiger partial charge in [-0.3, -0.25) is 9.78 Å². The molecule has 0 unspecified atom stereocenters. The lowest BCUT2D eigenvalue weighted by molar-refractivity contribution is -0.116. The molecule has 0 aliphatic carbocycles. The smallest absolute Gasteiger partial charge is 0.339 e. The van der Waals surface area contributed by atoms with E-state index in [-0.39, 0.29) is 23.8 Å². The van der Waals surface area contributed by atoms with Crippen molar-refractivity contribution in [1.82, 2.24) is 9.55 Å². The summed E-state index contributed by atoms with van der Waals surface area (Å²) in [6, 6.07) is 10.9. The molecular weight excluding hydrogens is 354 g/mol. The van der Waals surface area contributed by atoms with Crippen LogP contribution in [0.5, 0.6) is 0 Å². The number of aromatic carboxylic acids is 1. The molecule has 1 aliphatic rings. The van der Waals surface area contributed by atoms with Crippen molar-refractivity contribution in [3.8, 4) is 5.69 Å². The number of para-hydroxylation sites is 1. The number of hydrogen-bond donors (Lipinski definition) is 2. The van der Waals surface area contributed by atoms with E-state index in [2.05, 4.69) is 10.3 Å². The minimum absolute atomic E-state index is 0.0295. The lowest BCUT2D eigenvalue weighted by Gasteiger charge is -2.26. The molecule has 26 heavy (non-hydrogen) atoms. The largest absolute Gasteiger partial charge is 0.478 e. The van der Waals surface area contributed by atoms with Gasteiger partial charge in [-0.25, -0.2) is 4.79 Å². The van der Waals surface area contributed by atoms with Crippen LogP contribution in [0.1, 0.15) is 34.0 Å². The molecule has 130 valence electrons. The molecule has 0 saturated carbocycles. The standard InChI is InChI=1S/C19H14ClN3O3/c20-14-5-1-2-6-15(14)23-10-13(19(25)26)17-18(23)12(8-16(24)22-17)11-4-3-7-21-9-11/h1-7,9-10,12H,8H2,(H,22,24)(H,25,26)/t12-/m0/s1. The predicted octanol–water partition coefficient (Wildman–Crippen LogP) is 3.70. The molecule has 0 bridgehead atoms. The average Bonchev–Trinajstić information content (AvgIpc) is 3.01. The summed E-state index contributed by atoms with van der Waals surface area (Å²) in [5.74, 6) is -1.67. The van der Waals surface area contributed by atoms with E-state index in [0.717, 1.165) is 5.56 Å². The molecule has 4 rings (SSSR count). The number of fused-ring (bicyclic) bond motifs is 1. The van der Waals surface area contributed by atoms with Crippen molar-refractivity contribution >= 4 is 29.2 Å². The second-order valence-electron chi connectivity index (χ2n) is 6.02. The van der Waals surface area contributed by atoms with E-state index in [1.165, 1.54) is 6.20 Å². The molecule has 3 heterocycles. The molecule has 6 nitrogen and oxygen atoms in total. The molecule has 1 aliphatic heterocycles. The molecule has 3 aromatic rings. The SMILES string of the molecule is O=C1C[C@@H](c2cccnc2)c2c(c(C(=O)O)cn2-c2ccccc2Cl)N1. The molecular formula is C19H14ClN3O3. The number of carbonyl (C=O) groups excluding carboxylic acids is 1. The summed E-state index contributed by atoms with van der Waals surface area (Å²) < 4.78 is 1.75. The second-order valence-corrected chi connectivity index (χ2v) is 6.43. The molecule has 0 fully saturated rings. The van der Waals surface area contributed by atoms with Gasteiger partial charge in [0.25, 0.3) is 0 Å². The van der Waals surface area contributed by atoms with E-state index in [9.17, 15) is 14.7 Å². The van der Waals surface area contributed by atoms with Gasteiger partial charge in [-0.2, -0.15) is 0 Å². The zero-order valence-corrected chi connectivity index (χ0v) is 14.3. The van der Waals surface area contributed by atoms with E-state index in [0.29, 0.717) is 22.1 Å². The Balaban J connectivity index is 2.01. The van der Waals surface area contributed by atoms with Crippen LogP contribution >= 0.6 is 11.6 Å². The van der Waals surface area contributed by atoms with Crippen LogP contribution in [0.25, 0.3) is 5.69 Å². The van der Waals surface area contributed by atoms with Crippen molar-refractivity contribution < 1.29 is 14.7 Å². The van der Waals surface area contributed by atoms with Gasteiger partial charge in [0, 0.05) is 30.9 Å². The van der Waals surface area contributed by atoms with Crippen molar-refractivity contribution in [2.75, 3.05) is 5.32 Å². The van der Waals surface area contributed by atoms with Crippen molar-refractivity contribution in [1.29, 1.82) is 0 Å². The number of carboxylic acids is 1. The van der Waals surface area contributed by atoms with Gasteiger partial charge >= 0.3 is 5.97 Å². The van der Waals surface area contributed by atoms with E-state index in [1.807, 2.05) is 18.2 Å². The maximum absolute atomic E-state index is 12.2. The number of carboxylic acid groups (broad SMARTS) is 1. The fourth-order valence-electron chi connectivity index (χ4n) is 3.33. The average molecular weight is 368 g/mol. The highest BCUT2D eigenvalue weighted by molar-refractivity contribution is 6.32. The van der Waals surface area contributed by atoms with Gasteiger partial charge in [0.1, 0.15) is 5.56 Å². The van der Waals surface area contributed by atoms with E-state index >= 15 is 0 Å². The van der Waals surface area contributed by atoms with Crippen LogP contribution in [0.4, 0.5) is 5.69 Å². The van der Waals surface area contributed by atoms with Crippen molar-refractivity contribution in [2.24, 2.45) is 0 Å². The molecule has 0 spiro atoms. The van der Waals surface area contributed by atoms with Gasteiger partial charge in [0.2, 0.25) is 5.91 Å². The highest BCUT2D eigenvalue weighted by Crippen LogP contribution is 2.42. The summed E-state index contributed by atoms with van der Waals surface area (Å²) in [6.45, 7) is 0. The molecule has 7 heteroatoms. The second kappa shape index (κ2) is 6.31. The molecule has 2 N–H and O–H groups in total. The van der Waals surface area contributed by atoms with Gasteiger partial charge in [0.05, 0.1) is 22.1 Å². The number of hydrogen-bond acceptors (Lipinski definition) is 3. The molecule has 1 atom stereocenters. The number of amides is 1. The van der Waals surface area contributed by atoms with Crippen molar-refractivity contribution in [2.45, 2.75) is 12.3 Å². The number of pyridine rings is 1. The first-order valence-electron chi connectivity index (χ1n) is 7.99. The predicted molar refractivity (Wildman–Crippen MR) is 97.1 cm³/mol. The van der Waals surface area contributed by atoms with Crippen LogP contribution in [0.15, 0.2) is 55.0 Å². The summed E-state index contributed by atoms with van der Waals surface area (Å²) >= 11 is 6.34. The molecule has 0 radical (unpaired) electrons. The Morgan fingerprint density at radius 2 is 2.08 bits per heavy atom. The Labute approximate surface area is 154 Å². The zero-order valence-electron chi connectivity index (χ0n) is 13.5. The molecule has 2 aromatic heterocycles. The Morgan fingerprint density at radius 1 is 1.27 bits per heavy atom. The summed E-state index contributed by atoms with van der Waals surface area (Å²) in [4.78, 5) is 28.1. The van der Waals surface area contributed by atoms with E-state index < -0.39 is 5.97 Å². The normalized spacial score (nSPS) is 16.0. The quantitative estimate of drug-likeness (QED) is 0.739. The topological polar surface area (TPSA) is 84.2 Å². The minimum atomic E-state index is -1.11. The first-order chi connectivity index (χ1) is 12.6. The van der Waals surface area contributed by atoms with Crippen LogP contribution in [-0.4, -0.2) is 26.5 Å².